The molecule has 0 saturated carbocycles. The molecule has 1 unspecified atom stereocenters. The Hall–Kier alpha value is -0.870. The lowest BCUT2D eigenvalue weighted by Gasteiger charge is -2.19. The first kappa shape index (κ1) is 10.2. The Balaban J connectivity index is 2.40. The predicted octanol–water partition coefficient (Wildman–Crippen LogP) is 0.242. The number of aliphatic hydroxyl groups excluding tert-OH is 1. The lowest BCUT2D eigenvalue weighted by atomic mass is 10.2. The number of nitrogens with one attached hydrogen (secondary N) is 1. The van der Waals surface area contributed by atoms with E-state index in [9.17, 15) is 0 Å². The molecule has 0 fully saturated rings. The maximum Gasteiger partial charge on any atom is 0.0946 e. The number of hydrogen-bond donors (Lipinski definition) is 2. The third-order valence-corrected chi connectivity index (χ3v) is 1.78. The van der Waals surface area contributed by atoms with E-state index in [1.54, 1.807) is 12.5 Å². The quantitative estimate of drug-likeness (QED) is 0.687. The normalized spacial score (nSPS) is 13.5. The van der Waals surface area contributed by atoms with E-state index in [1.165, 1.54) is 0 Å². The van der Waals surface area contributed by atoms with Crippen molar-refractivity contribution in [2.24, 2.45) is 0 Å². The number of aromatic nitrogens is 2. The standard InChI is InChI=1S/C9H17N3O/c1-8(2)11-9(6-13)5-12-4-3-10-7-12/h3-4,7-9,11,13H,5-6H2,1-2H3. The van der Waals surface area contributed by atoms with Crippen LogP contribution >= 0.6 is 0 Å². The van der Waals surface area contributed by atoms with Crippen molar-refractivity contribution in [1.29, 1.82) is 0 Å². The SMILES string of the molecule is CC(C)NC(CO)Cn1ccnc1. The van der Waals surface area contributed by atoms with Crippen LogP contribution < -0.4 is 5.32 Å². The highest BCUT2D eigenvalue weighted by molar-refractivity contribution is 4.78. The van der Waals surface area contributed by atoms with Gasteiger partial charge in [-0.15, -0.1) is 0 Å². The lowest BCUT2D eigenvalue weighted by molar-refractivity contribution is 0.221. The Labute approximate surface area is 78.6 Å². The molecule has 1 aromatic heterocycles. The van der Waals surface area contributed by atoms with Crippen LogP contribution in [0.15, 0.2) is 18.7 Å². The second-order valence-electron chi connectivity index (χ2n) is 3.46. The second kappa shape index (κ2) is 4.99. The van der Waals surface area contributed by atoms with Gasteiger partial charge in [-0.2, -0.15) is 0 Å². The van der Waals surface area contributed by atoms with Gasteiger partial charge in [0.2, 0.25) is 0 Å². The van der Waals surface area contributed by atoms with Gasteiger partial charge < -0.3 is 15.0 Å². The highest BCUT2D eigenvalue weighted by Gasteiger charge is 2.08. The van der Waals surface area contributed by atoms with Crippen LogP contribution in [0, 0.1) is 0 Å². The molecular weight excluding hydrogens is 166 g/mol. The highest BCUT2D eigenvalue weighted by Crippen LogP contribution is 1.93. The molecule has 74 valence electrons. The summed E-state index contributed by atoms with van der Waals surface area (Å²) in [5.41, 5.74) is 0. The van der Waals surface area contributed by atoms with Crippen LogP contribution in [0.4, 0.5) is 0 Å². The first-order chi connectivity index (χ1) is 6.22. The number of nitrogens with zero attached hydrogens (tertiary/aromatic N) is 2. The van der Waals surface area contributed by atoms with Gasteiger partial charge in [0.05, 0.1) is 12.9 Å². The number of rotatable bonds is 5. The molecule has 0 spiro atoms. The van der Waals surface area contributed by atoms with Crippen LogP contribution in [0.25, 0.3) is 0 Å². The Morgan fingerprint density at radius 2 is 2.31 bits per heavy atom. The van der Waals surface area contributed by atoms with Crippen molar-refractivity contribution in [1.82, 2.24) is 14.9 Å². The molecule has 1 heterocycles. The smallest absolute Gasteiger partial charge is 0.0946 e. The average Bonchev–Trinajstić information content (AvgIpc) is 2.55. The summed E-state index contributed by atoms with van der Waals surface area (Å²) in [4.78, 5) is 3.94. The van der Waals surface area contributed by atoms with Gasteiger partial charge in [0.1, 0.15) is 0 Å². The summed E-state index contributed by atoms with van der Waals surface area (Å²) in [6, 6.07) is 0.495. The van der Waals surface area contributed by atoms with E-state index < -0.39 is 0 Å². The molecule has 0 aromatic carbocycles. The molecular formula is C9H17N3O. The molecule has 0 bridgehead atoms. The minimum absolute atomic E-state index is 0.106. The van der Waals surface area contributed by atoms with Crippen LogP contribution in [0.3, 0.4) is 0 Å². The third-order valence-electron chi connectivity index (χ3n) is 1.78. The van der Waals surface area contributed by atoms with Gasteiger partial charge >= 0.3 is 0 Å². The summed E-state index contributed by atoms with van der Waals surface area (Å²) in [5.74, 6) is 0. The zero-order valence-corrected chi connectivity index (χ0v) is 8.14. The Morgan fingerprint density at radius 3 is 2.77 bits per heavy atom. The molecule has 0 aliphatic heterocycles. The summed E-state index contributed by atoms with van der Waals surface area (Å²) in [6.07, 6.45) is 5.39. The van der Waals surface area contributed by atoms with Crippen LogP contribution in [0.2, 0.25) is 0 Å². The number of hydrogen-bond acceptors (Lipinski definition) is 3. The van der Waals surface area contributed by atoms with Crippen molar-refractivity contribution in [2.45, 2.75) is 32.5 Å². The largest absolute Gasteiger partial charge is 0.395 e. The molecule has 4 nitrogen and oxygen atoms in total. The summed E-state index contributed by atoms with van der Waals surface area (Å²) in [6.45, 7) is 5.04. The summed E-state index contributed by atoms with van der Waals surface area (Å²) >= 11 is 0. The molecule has 0 aliphatic carbocycles. The maximum absolute atomic E-state index is 9.08. The second-order valence-corrected chi connectivity index (χ2v) is 3.46. The van der Waals surface area contributed by atoms with E-state index in [4.69, 9.17) is 5.11 Å². The molecule has 4 heteroatoms. The molecule has 2 N–H and O–H groups in total. The summed E-state index contributed by atoms with van der Waals surface area (Å²) in [5, 5.41) is 12.3. The topological polar surface area (TPSA) is 50.1 Å². The minimum Gasteiger partial charge on any atom is -0.395 e. The van der Waals surface area contributed by atoms with Crippen molar-refractivity contribution in [2.75, 3.05) is 6.61 Å². The molecule has 1 rings (SSSR count). The van der Waals surface area contributed by atoms with Gasteiger partial charge in [0, 0.05) is 31.0 Å². The summed E-state index contributed by atoms with van der Waals surface area (Å²) < 4.78 is 1.95. The number of aliphatic hydroxyl groups is 1. The van der Waals surface area contributed by atoms with Crippen molar-refractivity contribution in [3.8, 4) is 0 Å². The van der Waals surface area contributed by atoms with E-state index >= 15 is 0 Å². The minimum atomic E-state index is 0.106. The van der Waals surface area contributed by atoms with Gasteiger partial charge in [-0.25, -0.2) is 4.98 Å². The van der Waals surface area contributed by atoms with Gasteiger partial charge in [0.25, 0.3) is 0 Å². The van der Waals surface area contributed by atoms with Crippen molar-refractivity contribution < 1.29 is 5.11 Å². The fraction of sp³-hybridized carbons (Fsp3) is 0.667. The Bertz CT molecular complexity index is 221. The van der Waals surface area contributed by atoms with Crippen molar-refractivity contribution in [3.63, 3.8) is 0 Å². The predicted molar refractivity (Wildman–Crippen MR) is 51.4 cm³/mol. The molecule has 13 heavy (non-hydrogen) atoms. The fourth-order valence-electron chi connectivity index (χ4n) is 1.28. The molecule has 0 aliphatic rings. The molecule has 1 aromatic rings. The van der Waals surface area contributed by atoms with Gasteiger partial charge in [-0.3, -0.25) is 0 Å². The van der Waals surface area contributed by atoms with E-state index in [0.29, 0.717) is 6.04 Å². The van der Waals surface area contributed by atoms with E-state index in [1.807, 2.05) is 10.8 Å². The third kappa shape index (κ3) is 3.57. The molecule has 0 amide bonds. The maximum atomic E-state index is 9.08. The van der Waals surface area contributed by atoms with Crippen LogP contribution in [0.1, 0.15) is 13.8 Å². The highest BCUT2D eigenvalue weighted by atomic mass is 16.3. The molecule has 0 saturated heterocycles. The van der Waals surface area contributed by atoms with Gasteiger partial charge in [-0.1, -0.05) is 13.8 Å². The summed E-state index contributed by atoms with van der Waals surface area (Å²) in [7, 11) is 0. The van der Waals surface area contributed by atoms with E-state index in [2.05, 4.69) is 24.1 Å². The zero-order chi connectivity index (χ0) is 9.68. The molecule has 1 atom stereocenters. The van der Waals surface area contributed by atoms with E-state index in [-0.39, 0.29) is 12.6 Å². The first-order valence-corrected chi connectivity index (χ1v) is 4.55. The van der Waals surface area contributed by atoms with Gasteiger partial charge in [0.15, 0.2) is 0 Å². The average molecular weight is 183 g/mol. The molecule has 0 radical (unpaired) electrons. The van der Waals surface area contributed by atoms with Crippen molar-refractivity contribution in [3.05, 3.63) is 18.7 Å². The van der Waals surface area contributed by atoms with E-state index in [0.717, 1.165) is 6.54 Å². The number of imidazole rings is 1. The fourth-order valence-corrected chi connectivity index (χ4v) is 1.28. The Kier molecular flexibility index (Phi) is 3.92. The van der Waals surface area contributed by atoms with Crippen LogP contribution in [0.5, 0.6) is 0 Å². The van der Waals surface area contributed by atoms with Crippen molar-refractivity contribution >= 4 is 0 Å². The van der Waals surface area contributed by atoms with Gasteiger partial charge in [-0.05, 0) is 0 Å². The Morgan fingerprint density at radius 1 is 1.54 bits per heavy atom. The zero-order valence-electron chi connectivity index (χ0n) is 8.14. The lowest BCUT2D eigenvalue weighted by Crippen LogP contribution is -2.40. The van der Waals surface area contributed by atoms with Crippen LogP contribution in [-0.4, -0.2) is 33.3 Å². The first-order valence-electron chi connectivity index (χ1n) is 4.55. The monoisotopic (exact) mass is 183 g/mol. The van der Waals surface area contributed by atoms with Crippen LogP contribution in [-0.2, 0) is 6.54 Å².